The number of nitrogens with zero attached hydrogens (tertiary/aromatic N) is 2. The van der Waals surface area contributed by atoms with Gasteiger partial charge in [0.25, 0.3) is 0 Å². The molecule has 1 aromatic heterocycles. The van der Waals surface area contributed by atoms with Gasteiger partial charge in [-0.2, -0.15) is 0 Å². The van der Waals surface area contributed by atoms with Gasteiger partial charge in [0.05, 0.1) is 38.1 Å². The molecular weight excluding hydrogens is 230 g/mol. The lowest BCUT2D eigenvalue weighted by Crippen LogP contribution is -2.11. The highest BCUT2D eigenvalue weighted by molar-refractivity contribution is 5.51. The second-order valence-electron chi connectivity index (χ2n) is 4.01. The summed E-state index contributed by atoms with van der Waals surface area (Å²) in [5.74, 6) is 1.47. The van der Waals surface area contributed by atoms with Gasteiger partial charge in [0.2, 0.25) is 0 Å². The number of rotatable bonds is 4. The molecule has 0 saturated heterocycles. The molecule has 1 heterocycles. The quantitative estimate of drug-likeness (QED) is 0.896. The van der Waals surface area contributed by atoms with Crippen LogP contribution in [-0.2, 0) is 0 Å². The van der Waals surface area contributed by atoms with E-state index < -0.39 is 0 Å². The van der Waals surface area contributed by atoms with E-state index in [0.29, 0.717) is 5.75 Å². The first-order valence-electron chi connectivity index (χ1n) is 5.67. The zero-order valence-corrected chi connectivity index (χ0v) is 10.8. The smallest absolute Gasteiger partial charge is 0.146 e. The molecule has 18 heavy (non-hydrogen) atoms. The van der Waals surface area contributed by atoms with E-state index in [1.54, 1.807) is 26.7 Å². The highest BCUT2D eigenvalue weighted by Crippen LogP contribution is 2.29. The van der Waals surface area contributed by atoms with Crippen molar-refractivity contribution in [3.8, 4) is 17.2 Å². The normalized spacial score (nSPS) is 12.2. The van der Waals surface area contributed by atoms with E-state index in [4.69, 9.17) is 15.2 Å². The number of ether oxygens (including phenoxy) is 2. The molecule has 0 aliphatic heterocycles. The van der Waals surface area contributed by atoms with Crippen molar-refractivity contribution in [3.63, 3.8) is 0 Å². The third kappa shape index (κ3) is 2.17. The molecule has 2 N–H and O–H groups in total. The van der Waals surface area contributed by atoms with Gasteiger partial charge in [0, 0.05) is 12.1 Å². The molecule has 0 aliphatic carbocycles. The van der Waals surface area contributed by atoms with Crippen molar-refractivity contribution < 1.29 is 9.47 Å². The first-order valence-corrected chi connectivity index (χ1v) is 5.67. The zero-order chi connectivity index (χ0) is 13.1. The molecule has 0 fully saturated rings. The molecule has 5 heteroatoms. The van der Waals surface area contributed by atoms with Gasteiger partial charge in [-0.1, -0.05) is 0 Å². The lowest BCUT2D eigenvalue weighted by molar-refractivity contribution is 0.393. The Morgan fingerprint density at radius 3 is 2.67 bits per heavy atom. The summed E-state index contributed by atoms with van der Waals surface area (Å²) in [5, 5.41) is 0. The second kappa shape index (κ2) is 5.10. The van der Waals surface area contributed by atoms with E-state index >= 15 is 0 Å². The minimum Gasteiger partial charge on any atom is -0.497 e. The summed E-state index contributed by atoms with van der Waals surface area (Å²) in [6.07, 6.45) is 3.48. The molecule has 0 radical (unpaired) electrons. The molecule has 0 aliphatic rings. The van der Waals surface area contributed by atoms with Gasteiger partial charge in [-0.15, -0.1) is 0 Å². The van der Waals surface area contributed by atoms with Gasteiger partial charge in [0.1, 0.15) is 11.5 Å². The minimum absolute atomic E-state index is 0.0979. The summed E-state index contributed by atoms with van der Waals surface area (Å²) < 4.78 is 12.5. The molecule has 1 atom stereocenters. The topological polar surface area (TPSA) is 62.3 Å². The Morgan fingerprint density at radius 1 is 1.28 bits per heavy atom. The summed E-state index contributed by atoms with van der Waals surface area (Å²) in [6.45, 7) is 1.92. The Labute approximate surface area is 106 Å². The Kier molecular flexibility index (Phi) is 3.53. The average Bonchev–Trinajstić information content (AvgIpc) is 2.87. The number of aromatic nitrogens is 2. The van der Waals surface area contributed by atoms with Crippen LogP contribution in [0.15, 0.2) is 30.7 Å². The van der Waals surface area contributed by atoms with Crippen LogP contribution in [-0.4, -0.2) is 23.8 Å². The third-order valence-corrected chi connectivity index (χ3v) is 2.78. The van der Waals surface area contributed by atoms with E-state index in [2.05, 4.69) is 4.98 Å². The van der Waals surface area contributed by atoms with Gasteiger partial charge in [0.15, 0.2) is 0 Å². The lowest BCUT2D eigenvalue weighted by atomic mass is 10.2. The Bertz CT molecular complexity index is 535. The maximum Gasteiger partial charge on any atom is 0.146 e. The maximum atomic E-state index is 5.92. The highest BCUT2D eigenvalue weighted by atomic mass is 16.5. The monoisotopic (exact) mass is 247 g/mol. The largest absolute Gasteiger partial charge is 0.497 e. The average molecular weight is 247 g/mol. The van der Waals surface area contributed by atoms with Crippen molar-refractivity contribution in [3.05, 3.63) is 36.4 Å². The maximum absolute atomic E-state index is 5.92. The molecule has 0 unspecified atom stereocenters. The minimum atomic E-state index is -0.0979. The van der Waals surface area contributed by atoms with E-state index in [9.17, 15) is 0 Å². The fourth-order valence-electron chi connectivity index (χ4n) is 1.83. The molecular formula is C13H17N3O2. The summed E-state index contributed by atoms with van der Waals surface area (Å²) in [6, 6.07) is 5.54. The molecule has 2 aromatic rings. The summed E-state index contributed by atoms with van der Waals surface area (Å²) in [5.41, 5.74) is 7.74. The second-order valence-corrected chi connectivity index (χ2v) is 4.01. The van der Waals surface area contributed by atoms with Crippen molar-refractivity contribution in [2.45, 2.75) is 13.0 Å². The molecule has 5 nitrogen and oxygen atoms in total. The van der Waals surface area contributed by atoms with E-state index in [0.717, 1.165) is 17.1 Å². The lowest BCUT2D eigenvalue weighted by Gasteiger charge is -2.15. The first kappa shape index (κ1) is 12.4. The van der Waals surface area contributed by atoms with Gasteiger partial charge >= 0.3 is 0 Å². The van der Waals surface area contributed by atoms with Crippen LogP contribution < -0.4 is 15.2 Å². The van der Waals surface area contributed by atoms with Crippen LogP contribution in [0.1, 0.15) is 18.7 Å². The van der Waals surface area contributed by atoms with Crippen LogP contribution in [0.25, 0.3) is 5.69 Å². The summed E-state index contributed by atoms with van der Waals surface area (Å²) in [7, 11) is 3.25. The molecule has 0 spiro atoms. The summed E-state index contributed by atoms with van der Waals surface area (Å²) in [4.78, 5) is 4.13. The van der Waals surface area contributed by atoms with Crippen LogP contribution in [0.2, 0.25) is 0 Å². The molecule has 0 saturated carbocycles. The van der Waals surface area contributed by atoms with Crippen molar-refractivity contribution >= 4 is 0 Å². The Hall–Kier alpha value is -2.01. The highest BCUT2D eigenvalue weighted by Gasteiger charge is 2.12. The molecule has 96 valence electrons. The molecule has 2 rings (SSSR count). The number of imidazole rings is 1. The van der Waals surface area contributed by atoms with Gasteiger partial charge in [-0.3, -0.25) is 4.57 Å². The van der Waals surface area contributed by atoms with Crippen molar-refractivity contribution in [1.82, 2.24) is 9.55 Å². The zero-order valence-electron chi connectivity index (χ0n) is 10.8. The predicted octanol–water partition coefficient (Wildman–Crippen LogP) is 1.91. The van der Waals surface area contributed by atoms with E-state index in [1.807, 2.05) is 29.7 Å². The van der Waals surface area contributed by atoms with Crippen LogP contribution in [0.4, 0.5) is 0 Å². The van der Waals surface area contributed by atoms with Crippen LogP contribution in [0, 0.1) is 0 Å². The van der Waals surface area contributed by atoms with Crippen molar-refractivity contribution in [2.75, 3.05) is 14.2 Å². The number of methoxy groups -OCH3 is 2. The van der Waals surface area contributed by atoms with Gasteiger partial charge < -0.3 is 15.2 Å². The number of benzene rings is 1. The van der Waals surface area contributed by atoms with E-state index in [1.165, 1.54) is 0 Å². The van der Waals surface area contributed by atoms with Gasteiger partial charge in [-0.25, -0.2) is 4.98 Å². The first-order chi connectivity index (χ1) is 8.67. The SMILES string of the molecule is COc1ccc(-n2cncc2[C@@H](C)N)c(OC)c1. The number of nitrogens with two attached hydrogens (primary N) is 1. The fourth-order valence-corrected chi connectivity index (χ4v) is 1.83. The fraction of sp³-hybridized carbons (Fsp3) is 0.308. The van der Waals surface area contributed by atoms with Crippen molar-refractivity contribution in [2.24, 2.45) is 5.73 Å². The number of hydrogen-bond donors (Lipinski definition) is 1. The Morgan fingerprint density at radius 2 is 2.06 bits per heavy atom. The van der Waals surface area contributed by atoms with Crippen LogP contribution in [0.5, 0.6) is 11.5 Å². The molecule has 1 aromatic carbocycles. The number of hydrogen-bond acceptors (Lipinski definition) is 4. The van der Waals surface area contributed by atoms with Gasteiger partial charge in [-0.05, 0) is 19.1 Å². The summed E-state index contributed by atoms with van der Waals surface area (Å²) >= 11 is 0. The Balaban J connectivity index is 2.53. The van der Waals surface area contributed by atoms with Crippen LogP contribution >= 0.6 is 0 Å². The van der Waals surface area contributed by atoms with E-state index in [-0.39, 0.29) is 6.04 Å². The molecule has 0 bridgehead atoms. The standard InChI is InChI=1S/C13H17N3O2/c1-9(14)12-7-15-8-16(12)11-5-4-10(17-2)6-13(11)18-3/h4-9H,14H2,1-3H3/t9-/m1/s1. The van der Waals surface area contributed by atoms with Crippen molar-refractivity contribution in [1.29, 1.82) is 0 Å². The molecule has 0 amide bonds. The third-order valence-electron chi connectivity index (χ3n) is 2.78. The van der Waals surface area contributed by atoms with Crippen LogP contribution in [0.3, 0.4) is 0 Å². The predicted molar refractivity (Wildman–Crippen MR) is 69.3 cm³/mol.